The van der Waals surface area contributed by atoms with Gasteiger partial charge in [-0.25, -0.2) is 4.68 Å². The summed E-state index contributed by atoms with van der Waals surface area (Å²) in [5, 5.41) is 10.2. The highest BCUT2D eigenvalue weighted by Gasteiger charge is 2.39. The Hall–Kier alpha value is -4.42. The molecule has 53 heavy (non-hydrogen) atoms. The number of nitrogens with one attached hydrogen (secondary N) is 2. The third-order valence-corrected chi connectivity index (χ3v) is 12.5. The second-order valence-corrected chi connectivity index (χ2v) is 16.0. The number of rotatable bonds is 7. The summed E-state index contributed by atoms with van der Waals surface area (Å²) in [6.45, 7) is 7.11. The van der Waals surface area contributed by atoms with Crippen molar-refractivity contribution in [3.8, 4) is 5.75 Å². The van der Waals surface area contributed by atoms with Gasteiger partial charge in [0.2, 0.25) is 11.8 Å². The van der Waals surface area contributed by atoms with E-state index in [1.807, 2.05) is 30.0 Å². The van der Waals surface area contributed by atoms with Crippen LogP contribution in [0.15, 0.2) is 47.4 Å². The first kappa shape index (κ1) is 36.9. The molecule has 2 N–H and O–H groups in total. The molecule has 3 atom stereocenters. The van der Waals surface area contributed by atoms with E-state index < -0.39 is 0 Å². The Labute approximate surface area is 315 Å². The Morgan fingerprint density at radius 2 is 1.70 bits per heavy atom. The van der Waals surface area contributed by atoms with E-state index in [1.165, 1.54) is 10.2 Å². The lowest BCUT2D eigenvalue weighted by Crippen LogP contribution is -2.48. The maximum Gasteiger partial charge on any atom is 0.287 e. The standard InChI is InChI=1S/C40H50ClN7O5/c1-25-19-30(21-33(53-4)35(25)31-9-10-34(49)44-37(31)50)47-15-11-40(12-16-47)13-17-48(18-14-40)38(51)27-7-5-26(6-8-27)28-20-29(24-45(2)23-28)43-32-22-42-46(3)39(52)36(32)41/h5-8,19,21-22,28-29,31,43H,9-18,20,23-24H2,1-4H3,(H,44,49,50)/t28-,29+,31?/m1/s1. The fourth-order valence-corrected chi connectivity index (χ4v) is 9.24. The number of likely N-dealkylation sites (N-methyl/N-ethyl adjacent to an activating group) is 1. The Bertz CT molecular complexity index is 1930. The molecule has 1 aromatic heterocycles. The van der Waals surface area contributed by atoms with Gasteiger partial charge in [-0.3, -0.25) is 24.5 Å². The molecule has 282 valence electrons. The summed E-state index contributed by atoms with van der Waals surface area (Å²) >= 11 is 6.33. The van der Waals surface area contributed by atoms with Crippen LogP contribution < -0.4 is 25.8 Å². The number of halogens is 1. The van der Waals surface area contributed by atoms with Gasteiger partial charge in [-0.15, -0.1) is 0 Å². The topological polar surface area (TPSA) is 129 Å². The number of ether oxygens (including phenoxy) is 1. The fourth-order valence-electron chi connectivity index (χ4n) is 9.02. The highest BCUT2D eigenvalue weighted by Crippen LogP contribution is 2.44. The molecule has 1 spiro atoms. The Kier molecular flexibility index (Phi) is 10.5. The average molecular weight is 744 g/mol. The number of amides is 3. The molecule has 0 saturated carbocycles. The molecule has 0 radical (unpaired) electrons. The number of hydrogen-bond donors (Lipinski definition) is 2. The van der Waals surface area contributed by atoms with Gasteiger partial charge < -0.3 is 24.8 Å². The normalized spacial score (nSPS) is 23.5. The number of imide groups is 1. The van der Waals surface area contributed by atoms with E-state index >= 15 is 0 Å². The number of nitrogens with zero attached hydrogens (tertiary/aromatic N) is 5. The molecule has 0 bridgehead atoms. The molecular weight excluding hydrogens is 694 g/mol. The smallest absolute Gasteiger partial charge is 0.287 e. The zero-order valence-electron chi connectivity index (χ0n) is 31.1. The molecule has 4 saturated heterocycles. The maximum absolute atomic E-state index is 13.7. The molecule has 1 unspecified atom stereocenters. The number of likely N-dealkylation sites (tertiary alicyclic amines) is 2. The van der Waals surface area contributed by atoms with Gasteiger partial charge in [-0.1, -0.05) is 23.7 Å². The number of anilines is 2. The molecule has 13 heteroatoms. The van der Waals surface area contributed by atoms with Crippen molar-refractivity contribution in [2.24, 2.45) is 12.5 Å². The molecule has 7 rings (SSSR count). The fraction of sp³-hybridized carbons (Fsp3) is 0.525. The van der Waals surface area contributed by atoms with Crippen LogP contribution in [0, 0.1) is 12.3 Å². The van der Waals surface area contributed by atoms with E-state index in [9.17, 15) is 19.2 Å². The van der Waals surface area contributed by atoms with E-state index in [2.05, 4.69) is 50.8 Å². The van der Waals surface area contributed by atoms with E-state index in [4.69, 9.17) is 16.3 Å². The summed E-state index contributed by atoms with van der Waals surface area (Å²) in [5.74, 6) is 0.195. The number of carbonyl (C=O) groups excluding carboxylic acids is 3. The second-order valence-electron chi connectivity index (χ2n) is 15.6. The quantitative estimate of drug-likeness (QED) is 0.331. The number of aromatic nitrogens is 2. The number of carbonyl (C=O) groups is 3. The molecule has 3 aromatic rings. The zero-order chi connectivity index (χ0) is 37.4. The Morgan fingerprint density at radius 3 is 2.38 bits per heavy atom. The highest BCUT2D eigenvalue weighted by atomic mass is 35.5. The predicted molar refractivity (Wildman–Crippen MR) is 205 cm³/mol. The lowest BCUT2D eigenvalue weighted by molar-refractivity contribution is -0.134. The first-order valence-electron chi connectivity index (χ1n) is 18.8. The van der Waals surface area contributed by atoms with Gasteiger partial charge in [0.25, 0.3) is 11.5 Å². The number of piperidine rings is 4. The molecule has 0 aliphatic carbocycles. The third kappa shape index (κ3) is 7.66. The van der Waals surface area contributed by atoms with E-state index in [0.29, 0.717) is 24.3 Å². The minimum Gasteiger partial charge on any atom is -0.496 e. The van der Waals surface area contributed by atoms with Gasteiger partial charge in [0.1, 0.15) is 10.8 Å². The first-order chi connectivity index (χ1) is 25.4. The van der Waals surface area contributed by atoms with Crippen LogP contribution in [-0.2, 0) is 16.6 Å². The van der Waals surface area contributed by atoms with E-state index in [0.717, 1.165) is 93.8 Å². The number of methoxy groups -OCH3 is 1. The lowest BCUT2D eigenvalue weighted by Gasteiger charge is -2.47. The van der Waals surface area contributed by atoms with Crippen molar-refractivity contribution < 1.29 is 19.1 Å². The van der Waals surface area contributed by atoms with Crippen molar-refractivity contribution >= 4 is 40.7 Å². The van der Waals surface area contributed by atoms with Crippen LogP contribution in [0.2, 0.25) is 5.02 Å². The average Bonchev–Trinajstić information content (AvgIpc) is 3.15. The van der Waals surface area contributed by atoms with Crippen LogP contribution in [0.3, 0.4) is 0 Å². The summed E-state index contributed by atoms with van der Waals surface area (Å²) < 4.78 is 7.02. The largest absolute Gasteiger partial charge is 0.496 e. The van der Waals surface area contributed by atoms with Crippen molar-refractivity contribution in [3.63, 3.8) is 0 Å². The monoisotopic (exact) mass is 743 g/mol. The lowest BCUT2D eigenvalue weighted by atomic mass is 9.71. The van der Waals surface area contributed by atoms with Crippen LogP contribution in [0.25, 0.3) is 0 Å². The Morgan fingerprint density at radius 1 is 1.00 bits per heavy atom. The molecule has 3 amide bonds. The first-order valence-corrected chi connectivity index (χ1v) is 19.1. The summed E-state index contributed by atoms with van der Waals surface area (Å²) in [5.41, 5.74) is 5.34. The van der Waals surface area contributed by atoms with Crippen LogP contribution >= 0.6 is 11.6 Å². The second kappa shape index (κ2) is 15.1. The van der Waals surface area contributed by atoms with Crippen LogP contribution in [0.5, 0.6) is 5.75 Å². The third-order valence-electron chi connectivity index (χ3n) is 12.1. The van der Waals surface area contributed by atoms with Gasteiger partial charge in [-0.05, 0) is 93.2 Å². The molecule has 4 aliphatic rings. The number of hydrogen-bond acceptors (Lipinski definition) is 9. The minimum atomic E-state index is -0.389. The highest BCUT2D eigenvalue weighted by molar-refractivity contribution is 6.32. The van der Waals surface area contributed by atoms with E-state index in [1.54, 1.807) is 20.4 Å². The molecular formula is C40H50ClN7O5. The van der Waals surface area contributed by atoms with Crippen LogP contribution in [0.1, 0.15) is 83.8 Å². The summed E-state index contributed by atoms with van der Waals surface area (Å²) in [4.78, 5) is 57.0. The van der Waals surface area contributed by atoms with Gasteiger partial charge in [0.05, 0.1) is 24.9 Å². The number of benzene rings is 2. The minimum absolute atomic E-state index is 0.0932. The van der Waals surface area contributed by atoms with Crippen LogP contribution in [0.4, 0.5) is 11.4 Å². The predicted octanol–water partition coefficient (Wildman–Crippen LogP) is 4.69. The van der Waals surface area contributed by atoms with Gasteiger partial charge in [0.15, 0.2) is 0 Å². The number of aryl methyl sites for hydroxylation is 2. The van der Waals surface area contributed by atoms with E-state index in [-0.39, 0.29) is 51.6 Å². The van der Waals surface area contributed by atoms with Crippen molar-refractivity contribution in [3.05, 3.63) is 80.2 Å². The van der Waals surface area contributed by atoms with Crippen molar-refractivity contribution in [1.29, 1.82) is 0 Å². The SMILES string of the molecule is COc1cc(N2CCC3(CCN(C(=O)c4ccc([C@@H]5C[C@H](Nc6cnn(C)c(=O)c6Cl)CN(C)C5)cc4)CC3)CC2)cc(C)c1C1CCC(=O)NC1=O. The molecule has 4 fully saturated rings. The molecule has 5 heterocycles. The molecule has 2 aromatic carbocycles. The van der Waals surface area contributed by atoms with Gasteiger partial charge in [0, 0.05) is 81.7 Å². The van der Waals surface area contributed by atoms with Gasteiger partial charge >= 0.3 is 0 Å². The summed E-state index contributed by atoms with van der Waals surface area (Å²) in [6.07, 6.45) is 7.42. The summed E-state index contributed by atoms with van der Waals surface area (Å²) in [6, 6.07) is 12.4. The Balaban J connectivity index is 0.929. The zero-order valence-corrected chi connectivity index (χ0v) is 31.9. The van der Waals surface area contributed by atoms with Crippen LogP contribution in [-0.4, -0.2) is 96.8 Å². The summed E-state index contributed by atoms with van der Waals surface area (Å²) in [7, 11) is 5.31. The molecule has 12 nitrogen and oxygen atoms in total. The van der Waals surface area contributed by atoms with Crippen molar-refractivity contribution in [1.82, 2.24) is 24.9 Å². The molecule has 4 aliphatic heterocycles. The van der Waals surface area contributed by atoms with Crippen molar-refractivity contribution in [2.75, 3.05) is 63.6 Å². The maximum atomic E-state index is 13.7. The van der Waals surface area contributed by atoms with Crippen molar-refractivity contribution in [2.45, 2.75) is 69.7 Å². The van der Waals surface area contributed by atoms with Gasteiger partial charge in [-0.2, -0.15) is 5.10 Å².